The van der Waals surface area contributed by atoms with Gasteiger partial charge in [0, 0.05) is 40.8 Å². The van der Waals surface area contributed by atoms with Gasteiger partial charge in [-0.3, -0.25) is 9.36 Å². The quantitative estimate of drug-likeness (QED) is 0.447. The zero-order valence-electron chi connectivity index (χ0n) is 15.6. The zero-order valence-corrected chi connectivity index (χ0v) is 16.5. The van der Waals surface area contributed by atoms with Crippen LogP contribution in [-0.2, 0) is 4.74 Å². The van der Waals surface area contributed by atoms with Crippen LogP contribution >= 0.6 is 11.3 Å². The summed E-state index contributed by atoms with van der Waals surface area (Å²) in [5, 5.41) is 14.6. The van der Waals surface area contributed by atoms with Crippen molar-refractivity contribution in [2.75, 3.05) is 25.1 Å². The zero-order chi connectivity index (χ0) is 20.1. The third kappa shape index (κ3) is 4.13. The largest absolute Gasteiger partial charge is 0.454 e. The number of nitrogens with zero attached hydrogens (tertiary/aromatic N) is 2. The number of benzene rings is 1. The molecule has 0 unspecified atom stereocenters. The Morgan fingerprint density at radius 2 is 2.04 bits per heavy atom. The lowest BCUT2D eigenvalue weighted by Gasteiger charge is -2.10. The van der Waals surface area contributed by atoms with Crippen LogP contribution in [0.15, 0.2) is 41.9 Å². The van der Waals surface area contributed by atoms with Crippen LogP contribution in [0, 0.1) is 13.8 Å². The van der Waals surface area contributed by atoms with Gasteiger partial charge in [-0.05, 0) is 32.0 Å². The standard InChI is InChI=1S/C20H21N3O4S/c1-13-11-16(14(2)23(13)20-22-8-10-28-20)18(25)12-27-19(26)15-5-3-4-6-17(15)21-7-9-24/h3-6,8,10-11,21,24H,7,9,12H2,1-2H3. The minimum atomic E-state index is -0.594. The molecule has 0 amide bonds. The van der Waals surface area contributed by atoms with Crippen molar-refractivity contribution in [2.45, 2.75) is 13.8 Å². The lowest BCUT2D eigenvalue weighted by Crippen LogP contribution is -2.17. The molecule has 0 saturated carbocycles. The topological polar surface area (TPSA) is 93.5 Å². The van der Waals surface area contributed by atoms with E-state index in [1.807, 2.05) is 23.8 Å². The molecule has 0 atom stereocenters. The van der Waals surface area contributed by atoms with E-state index in [2.05, 4.69) is 10.3 Å². The number of ketones is 1. The molecule has 7 nitrogen and oxygen atoms in total. The van der Waals surface area contributed by atoms with Crippen molar-refractivity contribution in [1.29, 1.82) is 0 Å². The van der Waals surface area contributed by atoms with Crippen LogP contribution in [-0.4, -0.2) is 46.2 Å². The lowest BCUT2D eigenvalue weighted by molar-refractivity contribution is 0.0475. The first kappa shape index (κ1) is 19.8. The SMILES string of the molecule is Cc1cc(C(=O)COC(=O)c2ccccc2NCCO)c(C)n1-c1nccs1. The highest BCUT2D eigenvalue weighted by Crippen LogP contribution is 2.23. The Kier molecular flexibility index (Phi) is 6.23. The molecule has 0 aliphatic carbocycles. The number of aliphatic hydroxyl groups is 1. The second-order valence-corrected chi connectivity index (χ2v) is 7.00. The van der Waals surface area contributed by atoms with Crippen molar-refractivity contribution in [2.24, 2.45) is 0 Å². The summed E-state index contributed by atoms with van der Waals surface area (Å²) in [7, 11) is 0. The number of hydrogen-bond acceptors (Lipinski definition) is 7. The lowest BCUT2D eigenvalue weighted by atomic mass is 10.1. The number of para-hydroxylation sites is 1. The number of thiazole rings is 1. The van der Waals surface area contributed by atoms with Crippen LogP contribution in [0.1, 0.15) is 32.1 Å². The van der Waals surface area contributed by atoms with Crippen LogP contribution in [0.3, 0.4) is 0 Å². The van der Waals surface area contributed by atoms with Gasteiger partial charge < -0.3 is 15.2 Å². The fraction of sp³-hybridized carbons (Fsp3) is 0.250. The molecule has 2 N–H and O–H groups in total. The summed E-state index contributed by atoms with van der Waals surface area (Å²) in [6, 6.07) is 8.60. The van der Waals surface area contributed by atoms with Crippen molar-refractivity contribution >= 4 is 28.8 Å². The number of nitrogens with one attached hydrogen (secondary N) is 1. The smallest absolute Gasteiger partial charge is 0.340 e. The van der Waals surface area contributed by atoms with E-state index in [-0.39, 0.29) is 19.0 Å². The maximum absolute atomic E-state index is 12.6. The van der Waals surface area contributed by atoms with E-state index in [9.17, 15) is 9.59 Å². The van der Waals surface area contributed by atoms with Gasteiger partial charge in [-0.15, -0.1) is 11.3 Å². The minimum absolute atomic E-state index is 0.0589. The highest BCUT2D eigenvalue weighted by molar-refractivity contribution is 7.12. The Labute approximate surface area is 166 Å². The first-order valence-corrected chi connectivity index (χ1v) is 9.63. The third-order valence-electron chi connectivity index (χ3n) is 4.25. The van der Waals surface area contributed by atoms with Gasteiger partial charge in [-0.2, -0.15) is 0 Å². The minimum Gasteiger partial charge on any atom is -0.454 e. The molecule has 3 aromatic rings. The van der Waals surface area contributed by atoms with E-state index in [4.69, 9.17) is 9.84 Å². The van der Waals surface area contributed by atoms with Gasteiger partial charge >= 0.3 is 5.97 Å². The van der Waals surface area contributed by atoms with E-state index in [1.54, 1.807) is 36.5 Å². The summed E-state index contributed by atoms with van der Waals surface area (Å²) >= 11 is 1.48. The fourth-order valence-corrected chi connectivity index (χ4v) is 3.71. The first-order valence-electron chi connectivity index (χ1n) is 8.75. The molecule has 146 valence electrons. The van der Waals surface area contributed by atoms with Crippen LogP contribution in [0.5, 0.6) is 0 Å². The molecule has 0 saturated heterocycles. The van der Waals surface area contributed by atoms with Gasteiger partial charge in [0.25, 0.3) is 0 Å². The predicted octanol–water partition coefficient (Wildman–Crippen LogP) is 2.99. The maximum Gasteiger partial charge on any atom is 0.340 e. The van der Waals surface area contributed by atoms with Crippen molar-refractivity contribution in [1.82, 2.24) is 9.55 Å². The number of Topliss-reactive ketones (excluding diaryl/α,β-unsaturated/α-hetero) is 1. The Morgan fingerprint density at radius 1 is 1.25 bits per heavy atom. The number of carbonyl (C=O) groups excluding carboxylic acids is 2. The summed E-state index contributed by atoms with van der Waals surface area (Å²) < 4.78 is 7.16. The number of aryl methyl sites for hydroxylation is 1. The van der Waals surface area contributed by atoms with E-state index in [1.165, 1.54) is 11.3 Å². The molecule has 0 spiro atoms. The molecule has 2 aromatic heterocycles. The fourth-order valence-electron chi connectivity index (χ4n) is 2.96. The maximum atomic E-state index is 12.6. The Morgan fingerprint density at radius 3 is 2.75 bits per heavy atom. The summed E-state index contributed by atoms with van der Waals surface area (Å²) in [5.74, 6) is -0.867. The van der Waals surface area contributed by atoms with E-state index < -0.39 is 5.97 Å². The third-order valence-corrected chi connectivity index (χ3v) is 5.01. The van der Waals surface area contributed by atoms with E-state index >= 15 is 0 Å². The second-order valence-electron chi connectivity index (χ2n) is 6.13. The van der Waals surface area contributed by atoms with Crippen LogP contribution < -0.4 is 5.32 Å². The van der Waals surface area contributed by atoms with Gasteiger partial charge in [0.1, 0.15) is 0 Å². The molecule has 8 heteroatoms. The summed E-state index contributed by atoms with van der Waals surface area (Å²) in [6.45, 7) is 3.65. The molecular weight excluding hydrogens is 378 g/mol. The summed E-state index contributed by atoms with van der Waals surface area (Å²) in [6.07, 6.45) is 1.71. The number of ether oxygens (including phenoxy) is 1. The number of carbonyl (C=O) groups is 2. The second kappa shape index (κ2) is 8.81. The molecule has 0 radical (unpaired) electrons. The Bertz CT molecular complexity index is 980. The first-order chi connectivity index (χ1) is 13.5. The van der Waals surface area contributed by atoms with Gasteiger partial charge in [-0.1, -0.05) is 12.1 Å². The Balaban J connectivity index is 1.72. The molecule has 1 aromatic carbocycles. The van der Waals surface area contributed by atoms with Crippen LogP contribution in [0.2, 0.25) is 0 Å². The molecule has 0 bridgehead atoms. The number of rotatable bonds is 8. The molecule has 2 heterocycles. The predicted molar refractivity (Wildman–Crippen MR) is 108 cm³/mol. The van der Waals surface area contributed by atoms with Gasteiger partial charge in [0.05, 0.1) is 12.2 Å². The monoisotopic (exact) mass is 399 g/mol. The van der Waals surface area contributed by atoms with E-state index in [0.29, 0.717) is 23.4 Å². The summed E-state index contributed by atoms with van der Waals surface area (Å²) in [5.41, 5.74) is 3.03. The van der Waals surface area contributed by atoms with E-state index in [0.717, 1.165) is 16.5 Å². The van der Waals surface area contributed by atoms with Gasteiger partial charge in [0.2, 0.25) is 5.78 Å². The normalized spacial score (nSPS) is 10.7. The number of anilines is 1. The summed E-state index contributed by atoms with van der Waals surface area (Å²) in [4.78, 5) is 29.3. The van der Waals surface area contributed by atoms with Crippen molar-refractivity contribution < 1.29 is 19.4 Å². The molecule has 3 rings (SSSR count). The molecule has 0 aliphatic heterocycles. The number of aromatic nitrogens is 2. The van der Waals surface area contributed by atoms with Gasteiger partial charge in [-0.25, -0.2) is 9.78 Å². The van der Waals surface area contributed by atoms with Crippen molar-refractivity contribution in [3.8, 4) is 5.13 Å². The molecule has 28 heavy (non-hydrogen) atoms. The average Bonchev–Trinajstić information content (AvgIpc) is 3.32. The van der Waals surface area contributed by atoms with Crippen LogP contribution in [0.4, 0.5) is 5.69 Å². The highest BCUT2D eigenvalue weighted by Gasteiger charge is 2.20. The molecular formula is C20H21N3O4S. The number of hydrogen-bond donors (Lipinski definition) is 2. The highest BCUT2D eigenvalue weighted by atomic mass is 32.1. The van der Waals surface area contributed by atoms with Crippen molar-refractivity contribution in [3.63, 3.8) is 0 Å². The number of esters is 1. The van der Waals surface area contributed by atoms with Crippen LogP contribution in [0.25, 0.3) is 5.13 Å². The molecule has 0 fully saturated rings. The molecule has 0 aliphatic rings. The van der Waals surface area contributed by atoms with Crippen molar-refractivity contribution in [3.05, 3.63) is 64.4 Å². The average molecular weight is 399 g/mol. The van der Waals surface area contributed by atoms with Gasteiger partial charge in [0.15, 0.2) is 11.7 Å². The number of aliphatic hydroxyl groups excluding tert-OH is 1. The Hall–Kier alpha value is -2.97.